The van der Waals surface area contributed by atoms with Gasteiger partial charge in [-0.25, -0.2) is 9.59 Å². The second kappa shape index (κ2) is 7.28. The fourth-order valence-electron chi connectivity index (χ4n) is 4.78. The molecule has 1 saturated heterocycles. The Bertz CT molecular complexity index is 851. The molecule has 3 rings (SSSR count). The molecule has 0 aromatic heterocycles. The predicted octanol–water partition coefficient (Wildman–Crippen LogP) is 2.31. The van der Waals surface area contributed by atoms with Crippen LogP contribution in [0.4, 0.5) is 0 Å². The van der Waals surface area contributed by atoms with E-state index in [0.29, 0.717) is 5.57 Å². The Balaban J connectivity index is 2.20. The van der Waals surface area contributed by atoms with E-state index in [4.69, 9.17) is 14.2 Å². The first-order valence-electron chi connectivity index (χ1n) is 9.67. The van der Waals surface area contributed by atoms with Gasteiger partial charge in [-0.1, -0.05) is 25.7 Å². The normalized spacial score (nSPS) is 38.8. The van der Waals surface area contributed by atoms with Crippen molar-refractivity contribution in [3.8, 4) is 0 Å². The van der Waals surface area contributed by atoms with Crippen LogP contribution in [0.25, 0.3) is 0 Å². The molecule has 0 aromatic rings. The summed E-state index contributed by atoms with van der Waals surface area (Å²) < 4.78 is 17.0. The first kappa shape index (κ1) is 21.0. The topological polar surface area (TPSA) is 96.0 Å². The molecule has 1 aliphatic heterocycles. The van der Waals surface area contributed by atoms with Crippen LogP contribution in [0.2, 0.25) is 0 Å². The van der Waals surface area contributed by atoms with Gasteiger partial charge in [-0.15, -0.1) is 0 Å². The lowest BCUT2D eigenvalue weighted by molar-refractivity contribution is -0.187. The highest BCUT2D eigenvalue weighted by Crippen LogP contribution is 2.55. The van der Waals surface area contributed by atoms with Gasteiger partial charge in [-0.2, -0.15) is 0 Å². The Morgan fingerprint density at radius 1 is 1.24 bits per heavy atom. The van der Waals surface area contributed by atoms with E-state index in [-0.39, 0.29) is 23.2 Å². The minimum Gasteiger partial charge on any atom is -0.458 e. The number of carbonyl (C=O) groups excluding carboxylic acids is 4. The van der Waals surface area contributed by atoms with Crippen molar-refractivity contribution in [1.29, 1.82) is 0 Å². The molecule has 1 saturated carbocycles. The molecule has 0 aromatic carbocycles. The van der Waals surface area contributed by atoms with Crippen molar-refractivity contribution in [2.45, 2.75) is 52.9 Å². The summed E-state index contributed by atoms with van der Waals surface area (Å²) in [6, 6.07) is 0. The van der Waals surface area contributed by atoms with Gasteiger partial charge in [0.2, 0.25) is 0 Å². The molecule has 0 unspecified atom stereocenters. The fraction of sp³-hybridized carbons (Fsp3) is 0.545. The summed E-state index contributed by atoms with van der Waals surface area (Å²) in [7, 11) is 0. The van der Waals surface area contributed by atoms with Crippen LogP contribution in [0.1, 0.15) is 34.6 Å². The third kappa shape index (κ3) is 3.12. The van der Waals surface area contributed by atoms with E-state index < -0.39 is 47.6 Å². The van der Waals surface area contributed by atoms with E-state index in [1.54, 1.807) is 32.9 Å². The van der Waals surface area contributed by atoms with E-state index in [9.17, 15) is 19.2 Å². The summed E-state index contributed by atoms with van der Waals surface area (Å²) >= 11 is 0. The number of hydrogen-bond donors (Lipinski definition) is 0. The van der Waals surface area contributed by atoms with Crippen LogP contribution in [-0.4, -0.2) is 42.0 Å². The van der Waals surface area contributed by atoms with Crippen LogP contribution in [-0.2, 0) is 33.4 Å². The quantitative estimate of drug-likeness (QED) is 0.406. The van der Waals surface area contributed by atoms with Crippen molar-refractivity contribution in [3.63, 3.8) is 0 Å². The van der Waals surface area contributed by atoms with Gasteiger partial charge in [0.05, 0.1) is 11.3 Å². The van der Waals surface area contributed by atoms with E-state index in [1.165, 1.54) is 13.0 Å². The summed E-state index contributed by atoms with van der Waals surface area (Å²) in [6.07, 6.45) is 2.12. The van der Waals surface area contributed by atoms with Gasteiger partial charge in [-0.05, 0) is 32.8 Å². The number of esters is 3. The van der Waals surface area contributed by atoms with Crippen molar-refractivity contribution in [1.82, 2.24) is 0 Å². The van der Waals surface area contributed by atoms with Crippen molar-refractivity contribution in [2.75, 3.05) is 0 Å². The zero-order valence-electron chi connectivity index (χ0n) is 17.3. The molecule has 0 spiro atoms. The Morgan fingerprint density at radius 3 is 2.48 bits per heavy atom. The number of hydrogen-bond acceptors (Lipinski definition) is 7. The van der Waals surface area contributed by atoms with Crippen LogP contribution in [0.5, 0.6) is 0 Å². The number of ether oxygens (including phenoxy) is 3. The zero-order valence-corrected chi connectivity index (χ0v) is 17.3. The predicted molar refractivity (Wildman–Crippen MR) is 102 cm³/mol. The summed E-state index contributed by atoms with van der Waals surface area (Å²) in [5.41, 5.74) is -0.750. The molecule has 0 amide bonds. The maximum atomic E-state index is 13.0. The Morgan fingerprint density at radius 2 is 1.90 bits per heavy atom. The van der Waals surface area contributed by atoms with E-state index in [2.05, 4.69) is 6.58 Å². The van der Waals surface area contributed by atoms with E-state index in [0.717, 1.165) is 0 Å². The van der Waals surface area contributed by atoms with Crippen molar-refractivity contribution >= 4 is 23.7 Å². The van der Waals surface area contributed by atoms with Gasteiger partial charge in [-0.3, -0.25) is 9.59 Å². The molecule has 1 heterocycles. The third-order valence-corrected chi connectivity index (χ3v) is 6.56. The highest BCUT2D eigenvalue weighted by atomic mass is 16.6. The SMILES string of the molecule is C=C1C(=O)O[C@@H]2[C@@H](C)[C@@H]3C=CC(=O)[C@@]3(C)[C@@H](OC(=O)/C(C)=C/C)[C@H]1[C@@H]2OC(C)=O. The van der Waals surface area contributed by atoms with Crippen LogP contribution in [0, 0.1) is 23.2 Å². The molecule has 7 nitrogen and oxygen atoms in total. The molecule has 156 valence electrons. The van der Waals surface area contributed by atoms with Gasteiger partial charge < -0.3 is 14.2 Å². The molecule has 7 atom stereocenters. The molecular formula is C22H26O7. The van der Waals surface area contributed by atoms with Gasteiger partial charge >= 0.3 is 17.9 Å². The summed E-state index contributed by atoms with van der Waals surface area (Å²) in [4.78, 5) is 50.1. The summed E-state index contributed by atoms with van der Waals surface area (Å²) in [5, 5.41) is 0. The summed E-state index contributed by atoms with van der Waals surface area (Å²) in [6.45, 7) is 12.0. The summed E-state index contributed by atoms with van der Waals surface area (Å²) in [5.74, 6) is -3.62. The first-order chi connectivity index (χ1) is 13.5. The highest BCUT2D eigenvalue weighted by Gasteiger charge is 2.65. The minimum absolute atomic E-state index is 0.0252. The Hall–Kier alpha value is -2.70. The molecule has 29 heavy (non-hydrogen) atoms. The van der Waals surface area contributed by atoms with Gasteiger partial charge in [0.15, 0.2) is 5.78 Å². The Labute approximate surface area is 169 Å². The number of carbonyl (C=O) groups is 4. The second-order valence-electron chi connectivity index (χ2n) is 8.18. The molecule has 2 aliphatic carbocycles. The van der Waals surface area contributed by atoms with E-state index in [1.807, 2.05) is 6.92 Å². The van der Waals surface area contributed by atoms with Crippen LogP contribution in [0.15, 0.2) is 36.0 Å². The molecule has 0 radical (unpaired) electrons. The second-order valence-corrected chi connectivity index (χ2v) is 8.18. The minimum atomic E-state index is -1.14. The average molecular weight is 402 g/mol. The maximum absolute atomic E-state index is 13.0. The fourth-order valence-corrected chi connectivity index (χ4v) is 4.78. The van der Waals surface area contributed by atoms with Crippen molar-refractivity contribution in [2.24, 2.45) is 23.2 Å². The van der Waals surface area contributed by atoms with Crippen LogP contribution < -0.4 is 0 Å². The number of allylic oxidation sites excluding steroid dienone is 3. The largest absolute Gasteiger partial charge is 0.458 e. The van der Waals surface area contributed by atoms with Crippen LogP contribution >= 0.6 is 0 Å². The van der Waals surface area contributed by atoms with E-state index >= 15 is 0 Å². The molecule has 0 N–H and O–H groups in total. The standard InChI is InChI=1S/C22H26O7/c1-7-10(2)20(25)29-19-16-12(4)21(26)28-17(18(16)27-13(5)23)11(3)14-8-9-15(24)22(14,19)6/h7-9,11,14,16-19H,4H2,1-3,5-6H3/b10-7+/t11-,14-,16+,17+,18-,19-,22-/m0/s1. The molecular weight excluding hydrogens is 376 g/mol. The van der Waals surface area contributed by atoms with Gasteiger partial charge in [0, 0.05) is 24.0 Å². The molecule has 3 aliphatic rings. The lowest BCUT2D eigenvalue weighted by Crippen LogP contribution is -2.54. The van der Waals surface area contributed by atoms with Crippen molar-refractivity contribution in [3.05, 3.63) is 36.0 Å². The van der Waals surface area contributed by atoms with Crippen molar-refractivity contribution < 1.29 is 33.4 Å². The van der Waals surface area contributed by atoms with Gasteiger partial charge in [0.25, 0.3) is 0 Å². The number of rotatable bonds is 3. The van der Waals surface area contributed by atoms with Crippen LogP contribution in [0.3, 0.4) is 0 Å². The highest BCUT2D eigenvalue weighted by molar-refractivity contribution is 5.99. The average Bonchev–Trinajstić information content (AvgIpc) is 2.94. The third-order valence-electron chi connectivity index (χ3n) is 6.56. The monoisotopic (exact) mass is 402 g/mol. The number of ketones is 1. The van der Waals surface area contributed by atoms with Gasteiger partial charge in [0.1, 0.15) is 18.3 Å². The number of fused-ring (bicyclic) bond motifs is 3. The Kier molecular flexibility index (Phi) is 5.28. The molecule has 2 bridgehead atoms. The first-order valence-corrected chi connectivity index (χ1v) is 9.67. The lowest BCUT2D eigenvalue weighted by Gasteiger charge is -2.42. The zero-order chi connectivity index (χ0) is 21.7. The lowest BCUT2D eigenvalue weighted by atomic mass is 9.67. The molecule has 2 fully saturated rings. The molecule has 7 heteroatoms. The maximum Gasteiger partial charge on any atom is 0.334 e. The smallest absolute Gasteiger partial charge is 0.334 e.